The minimum atomic E-state index is 0.0900. The molecule has 22 heavy (non-hydrogen) atoms. The molecule has 0 aliphatic carbocycles. The summed E-state index contributed by atoms with van der Waals surface area (Å²) in [5.74, 6) is 0.897. The number of hydrogen-bond acceptors (Lipinski definition) is 4. The van der Waals surface area contributed by atoms with E-state index in [1.807, 2.05) is 30.3 Å². The Bertz CT molecular complexity index is 738. The maximum Gasteiger partial charge on any atom is 0.134 e. The molecule has 0 radical (unpaired) electrons. The van der Waals surface area contributed by atoms with Gasteiger partial charge >= 0.3 is 0 Å². The van der Waals surface area contributed by atoms with Crippen LogP contribution in [0.1, 0.15) is 32.0 Å². The zero-order valence-electron chi connectivity index (χ0n) is 13.0. The van der Waals surface area contributed by atoms with Crippen LogP contribution in [0.2, 0.25) is 0 Å². The molecule has 0 spiro atoms. The average Bonchev–Trinajstić information content (AvgIpc) is 3.14. The van der Waals surface area contributed by atoms with Gasteiger partial charge in [0.25, 0.3) is 0 Å². The third-order valence-electron chi connectivity index (χ3n) is 3.35. The Labute approximate surface area is 139 Å². The van der Waals surface area contributed by atoms with E-state index in [4.69, 9.17) is 9.72 Å². The second kappa shape index (κ2) is 6.23. The van der Waals surface area contributed by atoms with Crippen molar-refractivity contribution in [2.24, 2.45) is 0 Å². The van der Waals surface area contributed by atoms with Crippen molar-refractivity contribution >= 4 is 22.7 Å². The Balaban J connectivity index is 1.79. The first-order chi connectivity index (χ1) is 10.5. The van der Waals surface area contributed by atoms with Gasteiger partial charge in [0.15, 0.2) is 0 Å². The van der Waals surface area contributed by atoms with E-state index in [1.165, 1.54) is 10.4 Å². The van der Waals surface area contributed by atoms with Crippen LogP contribution in [0.3, 0.4) is 0 Å². The lowest BCUT2D eigenvalue weighted by atomic mass is 9.93. The third kappa shape index (κ3) is 3.39. The summed E-state index contributed by atoms with van der Waals surface area (Å²) in [5, 5.41) is 5.36. The Morgan fingerprint density at radius 1 is 1.05 bits per heavy atom. The fourth-order valence-corrected chi connectivity index (χ4v) is 4.14. The molecule has 1 aromatic carbocycles. The number of para-hydroxylation sites is 1. The number of aromatic nitrogens is 1. The van der Waals surface area contributed by atoms with Crippen LogP contribution in [0.5, 0.6) is 5.75 Å². The molecule has 3 aromatic rings. The molecule has 3 rings (SSSR count). The number of ether oxygens (including phenoxy) is 1. The number of thiazole rings is 1. The Kier molecular flexibility index (Phi) is 4.32. The van der Waals surface area contributed by atoms with Gasteiger partial charge in [-0.25, -0.2) is 4.98 Å². The van der Waals surface area contributed by atoms with Crippen LogP contribution in [0.15, 0.2) is 47.2 Å². The van der Waals surface area contributed by atoms with E-state index < -0.39 is 0 Å². The molecule has 2 nitrogen and oxygen atoms in total. The molecule has 0 unspecified atom stereocenters. The lowest BCUT2D eigenvalue weighted by molar-refractivity contribution is 0.307. The quantitative estimate of drug-likeness (QED) is 0.608. The predicted octanol–water partition coefficient (Wildman–Crippen LogP) is 5.75. The summed E-state index contributed by atoms with van der Waals surface area (Å²) < 4.78 is 5.87. The van der Waals surface area contributed by atoms with E-state index in [9.17, 15) is 0 Å². The third-order valence-corrected chi connectivity index (χ3v) is 5.30. The summed E-state index contributed by atoms with van der Waals surface area (Å²) in [5.41, 5.74) is 2.44. The minimum absolute atomic E-state index is 0.0900. The molecule has 0 saturated carbocycles. The fraction of sp³-hybridized carbons (Fsp3) is 0.278. The Morgan fingerprint density at radius 3 is 2.50 bits per heavy atom. The average molecular weight is 329 g/mol. The summed E-state index contributed by atoms with van der Waals surface area (Å²) in [4.78, 5) is 6.03. The van der Waals surface area contributed by atoms with Gasteiger partial charge in [-0.1, -0.05) is 39.0 Å². The minimum Gasteiger partial charge on any atom is -0.489 e. The van der Waals surface area contributed by atoms with Crippen molar-refractivity contribution < 1.29 is 4.74 Å². The SMILES string of the molecule is CC(C)(C)c1csc(-c2sccc2COc2ccccc2)n1. The first-order valence-electron chi connectivity index (χ1n) is 7.24. The van der Waals surface area contributed by atoms with Gasteiger partial charge in [-0.2, -0.15) is 0 Å². The molecule has 4 heteroatoms. The van der Waals surface area contributed by atoms with Crippen molar-refractivity contribution in [2.75, 3.05) is 0 Å². The van der Waals surface area contributed by atoms with Gasteiger partial charge in [0, 0.05) is 16.4 Å². The zero-order valence-corrected chi connectivity index (χ0v) is 14.6. The van der Waals surface area contributed by atoms with E-state index in [-0.39, 0.29) is 5.41 Å². The smallest absolute Gasteiger partial charge is 0.134 e. The van der Waals surface area contributed by atoms with Crippen molar-refractivity contribution in [1.29, 1.82) is 0 Å². The van der Waals surface area contributed by atoms with E-state index in [2.05, 4.69) is 37.6 Å². The number of benzene rings is 1. The Morgan fingerprint density at radius 2 is 1.82 bits per heavy atom. The largest absolute Gasteiger partial charge is 0.489 e. The summed E-state index contributed by atoms with van der Waals surface area (Å²) in [7, 11) is 0. The van der Waals surface area contributed by atoms with Crippen molar-refractivity contribution in [1.82, 2.24) is 4.98 Å². The molecule has 0 aliphatic rings. The van der Waals surface area contributed by atoms with Crippen LogP contribution >= 0.6 is 22.7 Å². The van der Waals surface area contributed by atoms with Crippen molar-refractivity contribution in [2.45, 2.75) is 32.8 Å². The summed E-state index contributed by atoms with van der Waals surface area (Å²) >= 11 is 3.44. The van der Waals surface area contributed by atoms with Gasteiger partial charge < -0.3 is 4.74 Å². The van der Waals surface area contributed by atoms with E-state index in [0.29, 0.717) is 6.61 Å². The monoisotopic (exact) mass is 329 g/mol. The van der Waals surface area contributed by atoms with Gasteiger partial charge in [0.2, 0.25) is 0 Å². The van der Waals surface area contributed by atoms with Crippen molar-refractivity contribution in [3.05, 3.63) is 58.4 Å². The van der Waals surface area contributed by atoms with E-state index >= 15 is 0 Å². The van der Waals surface area contributed by atoms with Crippen molar-refractivity contribution in [3.8, 4) is 15.6 Å². The molecule has 0 bridgehead atoms. The highest BCUT2D eigenvalue weighted by Crippen LogP contribution is 2.35. The van der Waals surface area contributed by atoms with Gasteiger partial charge in [-0.3, -0.25) is 0 Å². The van der Waals surface area contributed by atoms with Crippen LogP contribution in [-0.4, -0.2) is 4.98 Å². The lowest BCUT2D eigenvalue weighted by Crippen LogP contribution is -2.11. The second-order valence-electron chi connectivity index (χ2n) is 6.16. The van der Waals surface area contributed by atoms with Gasteiger partial charge in [0.1, 0.15) is 17.4 Å². The first-order valence-corrected chi connectivity index (χ1v) is 9.00. The molecule has 0 atom stereocenters. The van der Waals surface area contributed by atoms with Crippen molar-refractivity contribution in [3.63, 3.8) is 0 Å². The zero-order chi connectivity index (χ0) is 15.6. The topological polar surface area (TPSA) is 22.1 Å². The molecular formula is C18H19NOS2. The lowest BCUT2D eigenvalue weighted by Gasteiger charge is -2.14. The number of hydrogen-bond donors (Lipinski definition) is 0. The number of rotatable bonds is 4. The molecule has 0 N–H and O–H groups in total. The van der Waals surface area contributed by atoms with Crippen LogP contribution in [0.4, 0.5) is 0 Å². The molecule has 0 fully saturated rings. The maximum absolute atomic E-state index is 5.87. The number of thiophene rings is 1. The molecule has 0 amide bonds. The summed E-state index contributed by atoms with van der Waals surface area (Å²) in [6.07, 6.45) is 0. The summed E-state index contributed by atoms with van der Waals surface area (Å²) in [6, 6.07) is 12.1. The molecule has 2 heterocycles. The standard InChI is InChI=1S/C18H19NOS2/c1-18(2,3)15-12-22-17(19-15)16-13(9-10-21-16)11-20-14-7-5-4-6-8-14/h4-10,12H,11H2,1-3H3. The highest BCUT2D eigenvalue weighted by molar-refractivity contribution is 7.20. The molecule has 114 valence electrons. The van der Waals surface area contributed by atoms with Crippen LogP contribution in [-0.2, 0) is 12.0 Å². The van der Waals surface area contributed by atoms with Crippen LogP contribution < -0.4 is 4.74 Å². The predicted molar refractivity (Wildman–Crippen MR) is 94.9 cm³/mol. The molecule has 0 saturated heterocycles. The summed E-state index contributed by atoms with van der Waals surface area (Å²) in [6.45, 7) is 7.16. The molecular weight excluding hydrogens is 310 g/mol. The highest BCUT2D eigenvalue weighted by atomic mass is 32.1. The molecule has 0 aliphatic heterocycles. The maximum atomic E-state index is 5.87. The highest BCUT2D eigenvalue weighted by Gasteiger charge is 2.19. The number of nitrogens with zero attached hydrogens (tertiary/aromatic N) is 1. The van der Waals surface area contributed by atoms with Gasteiger partial charge in [-0.05, 0) is 23.6 Å². The van der Waals surface area contributed by atoms with Gasteiger partial charge in [-0.15, -0.1) is 22.7 Å². The van der Waals surface area contributed by atoms with Crippen LogP contribution in [0.25, 0.3) is 9.88 Å². The van der Waals surface area contributed by atoms with Crippen LogP contribution in [0, 0.1) is 0 Å². The normalized spacial score (nSPS) is 11.6. The van der Waals surface area contributed by atoms with E-state index in [0.717, 1.165) is 16.5 Å². The van der Waals surface area contributed by atoms with E-state index in [1.54, 1.807) is 22.7 Å². The second-order valence-corrected chi connectivity index (χ2v) is 7.94. The molecule has 2 aromatic heterocycles. The first kappa shape index (κ1) is 15.3. The fourth-order valence-electron chi connectivity index (χ4n) is 2.04. The van der Waals surface area contributed by atoms with Gasteiger partial charge in [0.05, 0.1) is 10.6 Å². The Hall–Kier alpha value is -1.65.